The summed E-state index contributed by atoms with van der Waals surface area (Å²) in [6.07, 6.45) is 2.33. The number of aryl methyl sites for hydroxylation is 1. The van der Waals surface area contributed by atoms with Crippen molar-refractivity contribution in [2.45, 2.75) is 6.92 Å². The molecule has 0 saturated carbocycles. The van der Waals surface area contributed by atoms with E-state index >= 15 is 0 Å². The molecule has 1 aromatic carbocycles. The van der Waals surface area contributed by atoms with Crippen LogP contribution in [0, 0.1) is 6.92 Å². The van der Waals surface area contributed by atoms with Gasteiger partial charge in [0.05, 0.1) is 14.2 Å². The molecule has 134 valence electrons. The van der Waals surface area contributed by atoms with Crippen LogP contribution < -0.4 is 9.47 Å². The summed E-state index contributed by atoms with van der Waals surface area (Å²) in [5, 5.41) is 17.2. The van der Waals surface area contributed by atoms with Crippen LogP contribution in [0.2, 0.25) is 0 Å². The smallest absolute Gasteiger partial charge is 0.328 e. The number of carboxylic acids is 1. The third-order valence-electron chi connectivity index (χ3n) is 3.65. The van der Waals surface area contributed by atoms with Crippen molar-refractivity contribution in [2.75, 3.05) is 14.2 Å². The molecule has 0 atom stereocenters. The molecule has 1 N–H and O–H groups in total. The van der Waals surface area contributed by atoms with Crippen LogP contribution in [0.4, 0.5) is 0 Å². The molecule has 8 nitrogen and oxygen atoms in total. The molecule has 0 amide bonds. The Morgan fingerprint density at radius 1 is 1.15 bits per heavy atom. The third kappa shape index (κ3) is 3.16. The molecule has 2 heterocycles. The molecule has 0 unspecified atom stereocenters. The average Bonchev–Trinajstić information content (AvgIpc) is 3.24. The number of carbonyl (C=O) groups is 1. The number of benzene rings is 1. The minimum atomic E-state index is -1.10. The lowest BCUT2D eigenvalue weighted by Crippen LogP contribution is -2.05. The van der Waals surface area contributed by atoms with Crippen LogP contribution in [-0.2, 0) is 4.79 Å². The molecular formula is C18H17N3O5. The monoisotopic (exact) mass is 355 g/mol. The maximum Gasteiger partial charge on any atom is 0.328 e. The summed E-state index contributed by atoms with van der Waals surface area (Å²) in [4.78, 5) is 10.9. The first-order valence-electron chi connectivity index (χ1n) is 7.69. The van der Waals surface area contributed by atoms with Gasteiger partial charge in [-0.25, -0.2) is 4.79 Å². The zero-order chi connectivity index (χ0) is 18.7. The van der Waals surface area contributed by atoms with E-state index in [1.807, 2.05) is 6.92 Å². The highest BCUT2D eigenvalue weighted by Crippen LogP contribution is 2.36. The maximum atomic E-state index is 10.9. The quantitative estimate of drug-likeness (QED) is 0.679. The highest BCUT2D eigenvalue weighted by Gasteiger charge is 2.22. The normalized spacial score (nSPS) is 11.0. The number of hydrogen-bond acceptors (Lipinski definition) is 6. The minimum absolute atomic E-state index is 0.291. The highest BCUT2D eigenvalue weighted by atomic mass is 16.5. The fourth-order valence-corrected chi connectivity index (χ4v) is 2.54. The zero-order valence-electron chi connectivity index (χ0n) is 14.5. The van der Waals surface area contributed by atoms with Crippen LogP contribution in [0.3, 0.4) is 0 Å². The van der Waals surface area contributed by atoms with Crippen LogP contribution in [-0.4, -0.2) is 40.1 Å². The van der Waals surface area contributed by atoms with Crippen LogP contribution >= 0.6 is 0 Å². The summed E-state index contributed by atoms with van der Waals surface area (Å²) in [5.41, 5.74) is 0.539. The second-order valence-corrected chi connectivity index (χ2v) is 5.31. The average molecular weight is 355 g/mol. The van der Waals surface area contributed by atoms with Gasteiger partial charge in [-0.1, -0.05) is 6.07 Å². The number of aliphatic carboxylic acids is 1. The van der Waals surface area contributed by atoms with Gasteiger partial charge in [0.2, 0.25) is 5.82 Å². The molecule has 0 bridgehead atoms. The van der Waals surface area contributed by atoms with Crippen molar-refractivity contribution in [3.05, 3.63) is 48.0 Å². The summed E-state index contributed by atoms with van der Waals surface area (Å²) in [6.45, 7) is 1.82. The van der Waals surface area contributed by atoms with Crippen molar-refractivity contribution < 1.29 is 23.8 Å². The second-order valence-electron chi connectivity index (χ2n) is 5.31. The Labute approximate surface area is 149 Å². The van der Waals surface area contributed by atoms with Crippen LogP contribution in [0.5, 0.6) is 11.5 Å². The van der Waals surface area contributed by atoms with Crippen LogP contribution in [0.15, 0.2) is 40.8 Å². The fourth-order valence-electron chi connectivity index (χ4n) is 2.54. The number of para-hydroxylation sites is 1. The van der Waals surface area contributed by atoms with E-state index in [1.165, 1.54) is 20.3 Å². The van der Waals surface area contributed by atoms with Crippen molar-refractivity contribution in [3.63, 3.8) is 0 Å². The predicted molar refractivity (Wildman–Crippen MR) is 93.6 cm³/mol. The van der Waals surface area contributed by atoms with Crippen molar-refractivity contribution in [1.82, 2.24) is 14.8 Å². The number of ether oxygens (including phenoxy) is 2. The topological polar surface area (TPSA) is 99.6 Å². The Balaban J connectivity index is 2.31. The Morgan fingerprint density at radius 2 is 1.85 bits per heavy atom. The van der Waals surface area contributed by atoms with E-state index in [0.29, 0.717) is 40.4 Å². The highest BCUT2D eigenvalue weighted by molar-refractivity contribution is 5.85. The maximum absolute atomic E-state index is 10.9. The largest absolute Gasteiger partial charge is 0.494 e. The van der Waals surface area contributed by atoms with Crippen molar-refractivity contribution in [1.29, 1.82) is 0 Å². The molecule has 0 saturated heterocycles. The Bertz CT molecular complexity index is 949. The lowest BCUT2D eigenvalue weighted by atomic mass is 10.2. The Kier molecular flexibility index (Phi) is 4.74. The zero-order valence-corrected chi connectivity index (χ0v) is 14.5. The number of aromatic nitrogens is 3. The van der Waals surface area contributed by atoms with Crippen molar-refractivity contribution in [3.8, 4) is 28.8 Å². The SMILES string of the molecule is COc1cccc(OC)c1-n1c(C=CC(=O)O)nnc1-c1ccc(C)o1. The number of methoxy groups -OCH3 is 2. The van der Waals surface area contributed by atoms with Crippen molar-refractivity contribution >= 4 is 12.0 Å². The second kappa shape index (κ2) is 7.14. The molecule has 0 aliphatic heterocycles. The van der Waals surface area contributed by atoms with Gasteiger partial charge in [-0.15, -0.1) is 10.2 Å². The van der Waals surface area contributed by atoms with E-state index in [1.54, 1.807) is 34.9 Å². The molecule has 0 aliphatic carbocycles. The van der Waals surface area contributed by atoms with E-state index in [-0.39, 0.29) is 0 Å². The van der Waals surface area contributed by atoms with Crippen LogP contribution in [0.1, 0.15) is 11.6 Å². The van der Waals surface area contributed by atoms with Gasteiger partial charge in [0, 0.05) is 6.08 Å². The number of carboxylic acid groups (broad SMARTS) is 1. The molecular weight excluding hydrogens is 338 g/mol. The fraction of sp³-hybridized carbons (Fsp3) is 0.167. The van der Waals surface area contributed by atoms with Gasteiger partial charge in [-0.05, 0) is 37.3 Å². The van der Waals surface area contributed by atoms with Gasteiger partial charge in [0.15, 0.2) is 11.6 Å². The van der Waals surface area contributed by atoms with Gasteiger partial charge in [-0.3, -0.25) is 4.57 Å². The number of hydrogen-bond donors (Lipinski definition) is 1. The van der Waals surface area contributed by atoms with Gasteiger partial charge in [0.1, 0.15) is 22.9 Å². The molecule has 0 radical (unpaired) electrons. The summed E-state index contributed by atoms with van der Waals surface area (Å²) in [5.74, 6) is 1.81. The standard InChI is InChI=1S/C18H17N3O5/c1-11-7-8-14(26-11)18-20-19-15(9-10-16(22)23)21(18)17-12(24-2)5-4-6-13(17)25-3/h4-10H,1-3H3,(H,22,23). The van der Waals surface area contributed by atoms with E-state index in [4.69, 9.17) is 19.0 Å². The molecule has 0 spiro atoms. The molecule has 3 rings (SSSR count). The Morgan fingerprint density at radius 3 is 2.38 bits per heavy atom. The lowest BCUT2D eigenvalue weighted by Gasteiger charge is -2.15. The predicted octanol–water partition coefficient (Wildman–Crippen LogP) is 2.95. The first-order valence-corrected chi connectivity index (χ1v) is 7.69. The molecule has 0 aliphatic rings. The summed E-state index contributed by atoms with van der Waals surface area (Å²) in [6, 6.07) is 8.89. The van der Waals surface area contributed by atoms with E-state index in [0.717, 1.165) is 6.08 Å². The molecule has 8 heteroatoms. The van der Waals surface area contributed by atoms with E-state index < -0.39 is 5.97 Å². The van der Waals surface area contributed by atoms with E-state index in [2.05, 4.69) is 10.2 Å². The van der Waals surface area contributed by atoms with Gasteiger partial charge in [0.25, 0.3) is 0 Å². The number of furan rings is 1. The number of nitrogens with zero attached hydrogens (tertiary/aromatic N) is 3. The van der Waals surface area contributed by atoms with E-state index in [9.17, 15) is 4.79 Å². The summed E-state index contributed by atoms with van der Waals surface area (Å²) < 4.78 is 18.2. The molecule has 26 heavy (non-hydrogen) atoms. The third-order valence-corrected chi connectivity index (χ3v) is 3.65. The van der Waals surface area contributed by atoms with Gasteiger partial charge < -0.3 is 19.0 Å². The summed E-state index contributed by atoms with van der Waals surface area (Å²) >= 11 is 0. The van der Waals surface area contributed by atoms with Gasteiger partial charge >= 0.3 is 5.97 Å². The number of rotatable bonds is 6. The summed E-state index contributed by atoms with van der Waals surface area (Å²) in [7, 11) is 3.07. The lowest BCUT2D eigenvalue weighted by molar-refractivity contribution is -0.131. The van der Waals surface area contributed by atoms with Crippen molar-refractivity contribution in [2.24, 2.45) is 0 Å². The first kappa shape index (κ1) is 17.3. The Hall–Kier alpha value is -3.55. The van der Waals surface area contributed by atoms with Crippen LogP contribution in [0.25, 0.3) is 23.3 Å². The molecule has 2 aromatic heterocycles. The molecule has 0 fully saturated rings. The first-order chi connectivity index (χ1) is 12.5. The molecule has 3 aromatic rings. The minimum Gasteiger partial charge on any atom is -0.494 e. The van der Waals surface area contributed by atoms with Gasteiger partial charge in [-0.2, -0.15) is 0 Å².